The summed E-state index contributed by atoms with van der Waals surface area (Å²) < 4.78 is 5.45. The van der Waals surface area contributed by atoms with Crippen LogP contribution in [-0.2, 0) is 4.79 Å². The highest BCUT2D eigenvalue weighted by Crippen LogP contribution is 2.28. The van der Waals surface area contributed by atoms with Crippen LogP contribution in [0.15, 0.2) is 24.3 Å². The van der Waals surface area contributed by atoms with Gasteiger partial charge in [-0.05, 0) is 38.9 Å². The summed E-state index contributed by atoms with van der Waals surface area (Å²) in [6.45, 7) is 0.564. The van der Waals surface area contributed by atoms with Gasteiger partial charge in [0, 0.05) is 24.6 Å². The normalized spacial score (nSPS) is 20.4. The Morgan fingerprint density at radius 3 is 2.56 bits per heavy atom. The second-order valence-electron chi connectivity index (χ2n) is 6.58. The largest absolute Gasteiger partial charge is 0.496 e. The molecular formula is C18H31Cl2N3O2. The van der Waals surface area contributed by atoms with Gasteiger partial charge < -0.3 is 20.7 Å². The summed E-state index contributed by atoms with van der Waals surface area (Å²) in [4.78, 5) is 14.3. The highest BCUT2D eigenvalue weighted by atomic mass is 35.5. The number of para-hydroxylation sites is 1. The Labute approximate surface area is 163 Å². The lowest BCUT2D eigenvalue weighted by Crippen LogP contribution is -2.37. The number of hydrogen-bond acceptors (Lipinski definition) is 4. The molecule has 1 aliphatic carbocycles. The van der Waals surface area contributed by atoms with E-state index in [0.717, 1.165) is 30.6 Å². The molecule has 1 amide bonds. The van der Waals surface area contributed by atoms with Crippen molar-refractivity contribution in [2.45, 2.75) is 37.8 Å². The first-order valence-corrected chi connectivity index (χ1v) is 8.34. The van der Waals surface area contributed by atoms with Gasteiger partial charge in [0.05, 0.1) is 13.2 Å². The molecule has 0 radical (unpaired) electrons. The maximum Gasteiger partial charge on any atom is 0.220 e. The Kier molecular flexibility index (Phi) is 11.1. The van der Waals surface area contributed by atoms with Crippen molar-refractivity contribution in [1.29, 1.82) is 0 Å². The van der Waals surface area contributed by atoms with Gasteiger partial charge in [0.2, 0.25) is 5.91 Å². The summed E-state index contributed by atoms with van der Waals surface area (Å²) in [5.74, 6) is 1.27. The summed E-state index contributed by atoms with van der Waals surface area (Å²) in [7, 11) is 5.69. The fourth-order valence-corrected chi connectivity index (χ4v) is 3.35. The molecule has 25 heavy (non-hydrogen) atoms. The van der Waals surface area contributed by atoms with Crippen molar-refractivity contribution in [3.05, 3.63) is 29.8 Å². The number of likely N-dealkylation sites (N-methyl/N-ethyl adjacent to an activating group) is 1. The van der Waals surface area contributed by atoms with Gasteiger partial charge in [-0.2, -0.15) is 0 Å². The van der Waals surface area contributed by atoms with E-state index in [-0.39, 0.29) is 42.8 Å². The summed E-state index contributed by atoms with van der Waals surface area (Å²) in [5.41, 5.74) is 7.14. The van der Waals surface area contributed by atoms with E-state index < -0.39 is 0 Å². The molecule has 1 aliphatic rings. The van der Waals surface area contributed by atoms with Crippen molar-refractivity contribution in [3.8, 4) is 5.75 Å². The van der Waals surface area contributed by atoms with Crippen molar-refractivity contribution in [3.63, 3.8) is 0 Å². The predicted octanol–water partition coefficient (Wildman–Crippen LogP) is 2.78. The van der Waals surface area contributed by atoms with Crippen LogP contribution in [0.2, 0.25) is 0 Å². The average Bonchev–Trinajstić information content (AvgIpc) is 2.92. The fraction of sp³-hybridized carbons (Fsp3) is 0.611. The van der Waals surface area contributed by atoms with Crippen LogP contribution in [0.25, 0.3) is 0 Å². The number of hydrogen-bond donors (Lipinski definition) is 2. The number of halogens is 2. The van der Waals surface area contributed by atoms with Crippen molar-refractivity contribution in [2.75, 3.05) is 27.7 Å². The fourth-order valence-electron chi connectivity index (χ4n) is 3.35. The number of nitrogens with one attached hydrogen (secondary N) is 1. The zero-order valence-electron chi connectivity index (χ0n) is 15.2. The molecule has 3 N–H and O–H groups in total. The van der Waals surface area contributed by atoms with Crippen LogP contribution < -0.4 is 15.8 Å². The van der Waals surface area contributed by atoms with Crippen molar-refractivity contribution >= 4 is 30.7 Å². The molecule has 3 atom stereocenters. The van der Waals surface area contributed by atoms with E-state index >= 15 is 0 Å². The number of carbonyl (C=O) groups excluding carboxylic acids is 1. The third kappa shape index (κ3) is 6.66. The SMILES string of the molecule is COc1ccccc1C(CNC(=O)C[C@@H]1CCC[C@H]1N)N(C)C.Cl.Cl. The van der Waals surface area contributed by atoms with E-state index in [2.05, 4.69) is 10.2 Å². The first-order valence-electron chi connectivity index (χ1n) is 8.34. The lowest BCUT2D eigenvalue weighted by molar-refractivity contribution is -0.122. The smallest absolute Gasteiger partial charge is 0.220 e. The van der Waals surface area contributed by atoms with Crippen molar-refractivity contribution in [1.82, 2.24) is 10.2 Å². The quantitative estimate of drug-likeness (QED) is 0.749. The molecule has 1 unspecified atom stereocenters. The van der Waals surface area contributed by atoms with Crippen LogP contribution in [0.3, 0.4) is 0 Å². The maximum atomic E-state index is 12.2. The lowest BCUT2D eigenvalue weighted by Gasteiger charge is -2.27. The Balaban J connectivity index is 0.00000288. The Morgan fingerprint density at radius 2 is 2.00 bits per heavy atom. The minimum Gasteiger partial charge on any atom is -0.496 e. The van der Waals surface area contributed by atoms with E-state index in [1.165, 1.54) is 0 Å². The minimum atomic E-state index is 0. The van der Waals surface area contributed by atoms with Gasteiger partial charge in [0.15, 0.2) is 0 Å². The third-order valence-electron chi connectivity index (χ3n) is 4.78. The predicted molar refractivity (Wildman–Crippen MR) is 107 cm³/mol. The zero-order valence-corrected chi connectivity index (χ0v) is 16.9. The molecule has 1 fully saturated rings. The Bertz CT molecular complexity index is 529. The van der Waals surface area contributed by atoms with Gasteiger partial charge >= 0.3 is 0 Å². The van der Waals surface area contributed by atoms with E-state index in [0.29, 0.717) is 18.9 Å². The van der Waals surface area contributed by atoms with Gasteiger partial charge in [-0.3, -0.25) is 4.79 Å². The van der Waals surface area contributed by atoms with Crippen LogP contribution in [-0.4, -0.2) is 44.6 Å². The van der Waals surface area contributed by atoms with Crippen molar-refractivity contribution < 1.29 is 9.53 Å². The summed E-state index contributed by atoms with van der Waals surface area (Å²) in [6, 6.07) is 8.20. The number of nitrogens with zero attached hydrogens (tertiary/aromatic N) is 1. The molecule has 0 spiro atoms. The van der Waals surface area contributed by atoms with Crippen LogP contribution in [0.5, 0.6) is 5.75 Å². The number of ether oxygens (including phenoxy) is 1. The standard InChI is InChI=1S/C18H29N3O2.2ClH/c1-21(2)16(14-8-4-5-10-17(14)23-3)12-20-18(22)11-13-7-6-9-15(13)19;;/h4-5,8,10,13,15-16H,6-7,9,11-12,19H2,1-3H3,(H,20,22);2*1H/t13-,15+,16?;;/m0../s1. The second kappa shape index (κ2) is 11.6. The molecule has 2 rings (SSSR count). The maximum absolute atomic E-state index is 12.2. The number of amides is 1. The number of methoxy groups -OCH3 is 1. The van der Waals surface area contributed by atoms with Gasteiger partial charge in [0.1, 0.15) is 5.75 Å². The monoisotopic (exact) mass is 391 g/mol. The van der Waals surface area contributed by atoms with E-state index in [1.807, 2.05) is 38.4 Å². The molecule has 5 nitrogen and oxygen atoms in total. The molecule has 0 aliphatic heterocycles. The first-order chi connectivity index (χ1) is 11.0. The van der Waals surface area contributed by atoms with Crippen molar-refractivity contribution in [2.24, 2.45) is 11.7 Å². The van der Waals surface area contributed by atoms with E-state index in [4.69, 9.17) is 10.5 Å². The number of rotatable bonds is 7. The van der Waals surface area contributed by atoms with Crippen LogP contribution >= 0.6 is 24.8 Å². The number of benzene rings is 1. The molecule has 0 aromatic heterocycles. The highest BCUT2D eigenvalue weighted by Gasteiger charge is 2.26. The first kappa shape index (κ1) is 24.0. The molecular weight excluding hydrogens is 361 g/mol. The van der Waals surface area contributed by atoms with Gasteiger partial charge in [-0.1, -0.05) is 24.6 Å². The highest BCUT2D eigenvalue weighted by molar-refractivity contribution is 5.85. The van der Waals surface area contributed by atoms with Crippen LogP contribution in [0.1, 0.15) is 37.3 Å². The Hall–Kier alpha value is -1.01. The van der Waals surface area contributed by atoms with E-state index in [9.17, 15) is 4.79 Å². The average molecular weight is 392 g/mol. The molecule has 1 aromatic carbocycles. The van der Waals surface area contributed by atoms with E-state index in [1.54, 1.807) is 7.11 Å². The van der Waals surface area contributed by atoms with Gasteiger partial charge in [0.25, 0.3) is 0 Å². The molecule has 1 saturated carbocycles. The molecule has 144 valence electrons. The summed E-state index contributed by atoms with van der Waals surface area (Å²) in [5, 5.41) is 3.07. The molecule has 0 bridgehead atoms. The molecule has 7 heteroatoms. The summed E-state index contributed by atoms with van der Waals surface area (Å²) >= 11 is 0. The third-order valence-corrected chi connectivity index (χ3v) is 4.78. The molecule has 0 saturated heterocycles. The van der Waals surface area contributed by atoms with Gasteiger partial charge in [-0.15, -0.1) is 24.8 Å². The lowest BCUT2D eigenvalue weighted by atomic mass is 9.99. The molecule has 0 heterocycles. The van der Waals surface area contributed by atoms with Crippen LogP contribution in [0.4, 0.5) is 0 Å². The zero-order chi connectivity index (χ0) is 16.8. The Morgan fingerprint density at radius 1 is 1.32 bits per heavy atom. The molecule has 1 aromatic rings. The van der Waals surface area contributed by atoms with Gasteiger partial charge in [-0.25, -0.2) is 0 Å². The van der Waals surface area contributed by atoms with Crippen LogP contribution in [0, 0.1) is 5.92 Å². The minimum absolute atomic E-state index is 0. The number of nitrogens with two attached hydrogens (primary N) is 1. The second-order valence-corrected chi connectivity index (χ2v) is 6.58. The summed E-state index contributed by atoms with van der Waals surface area (Å²) in [6.07, 6.45) is 3.78. The topological polar surface area (TPSA) is 67.6 Å². The number of carbonyl (C=O) groups is 1.